The summed E-state index contributed by atoms with van der Waals surface area (Å²) in [7, 11) is 1.98. The van der Waals surface area contributed by atoms with E-state index >= 15 is 0 Å². The van der Waals surface area contributed by atoms with Crippen molar-refractivity contribution in [2.45, 2.75) is 44.2 Å². The van der Waals surface area contributed by atoms with E-state index in [0.29, 0.717) is 5.92 Å². The Balaban J connectivity index is 1.78. The Hall–Kier alpha value is -0.950. The Bertz CT molecular complexity index is 477. The molecule has 1 aromatic rings. The van der Waals surface area contributed by atoms with Crippen molar-refractivity contribution < 1.29 is 9.47 Å². The predicted molar refractivity (Wildman–Crippen MR) is 79.5 cm³/mol. The minimum Gasteiger partial charge on any atom is -0.381 e. The molecule has 0 aromatic carbocycles. The third-order valence-electron chi connectivity index (χ3n) is 4.94. The fourth-order valence-corrected chi connectivity index (χ4v) is 3.83. The largest absolute Gasteiger partial charge is 0.381 e. The Morgan fingerprint density at radius 3 is 2.81 bits per heavy atom. The van der Waals surface area contributed by atoms with Crippen molar-refractivity contribution in [3.8, 4) is 0 Å². The number of rotatable bonds is 3. The molecule has 2 unspecified atom stereocenters. The first-order valence-electron chi connectivity index (χ1n) is 7.82. The molecular weight excluding hydrogens is 268 g/mol. The summed E-state index contributed by atoms with van der Waals surface area (Å²) in [4.78, 5) is 0. The molecule has 0 bridgehead atoms. The SMILES string of the molecule is Cc1cc(C(NN)C2CCOC3(CCOCC3)C2)n(C)n1. The summed E-state index contributed by atoms with van der Waals surface area (Å²) in [5.74, 6) is 6.34. The first-order valence-corrected chi connectivity index (χ1v) is 7.82. The Labute approximate surface area is 125 Å². The number of nitrogens with two attached hydrogens (primary N) is 1. The average molecular weight is 294 g/mol. The average Bonchev–Trinajstić information content (AvgIpc) is 2.80. The third kappa shape index (κ3) is 2.99. The van der Waals surface area contributed by atoms with E-state index < -0.39 is 0 Å². The molecule has 2 atom stereocenters. The fourth-order valence-electron chi connectivity index (χ4n) is 3.83. The molecule has 3 rings (SSSR count). The second-order valence-corrected chi connectivity index (χ2v) is 6.38. The van der Waals surface area contributed by atoms with Crippen molar-refractivity contribution in [3.05, 3.63) is 17.5 Å². The smallest absolute Gasteiger partial charge is 0.0729 e. The van der Waals surface area contributed by atoms with Gasteiger partial charge in [0, 0.05) is 26.9 Å². The van der Waals surface area contributed by atoms with Crippen LogP contribution in [-0.2, 0) is 16.5 Å². The number of hydrogen-bond donors (Lipinski definition) is 2. The van der Waals surface area contributed by atoms with Crippen LogP contribution in [0.4, 0.5) is 0 Å². The summed E-state index contributed by atoms with van der Waals surface area (Å²) in [6, 6.07) is 2.25. The van der Waals surface area contributed by atoms with E-state index in [1.165, 1.54) is 0 Å². The van der Waals surface area contributed by atoms with Gasteiger partial charge in [0.15, 0.2) is 0 Å². The highest BCUT2D eigenvalue weighted by molar-refractivity contribution is 5.14. The van der Waals surface area contributed by atoms with Crippen LogP contribution in [-0.4, -0.2) is 35.2 Å². The number of ether oxygens (including phenoxy) is 2. The van der Waals surface area contributed by atoms with Crippen LogP contribution in [0.2, 0.25) is 0 Å². The normalized spacial score (nSPS) is 26.9. The van der Waals surface area contributed by atoms with Crippen LogP contribution in [0.15, 0.2) is 6.07 Å². The monoisotopic (exact) mass is 294 g/mol. The quantitative estimate of drug-likeness (QED) is 0.647. The van der Waals surface area contributed by atoms with Gasteiger partial charge >= 0.3 is 0 Å². The van der Waals surface area contributed by atoms with E-state index in [1.54, 1.807) is 0 Å². The fraction of sp³-hybridized carbons (Fsp3) is 0.800. The summed E-state index contributed by atoms with van der Waals surface area (Å²) >= 11 is 0. The molecule has 0 aliphatic carbocycles. The molecule has 0 radical (unpaired) electrons. The van der Waals surface area contributed by atoms with Gasteiger partial charge in [0.25, 0.3) is 0 Å². The van der Waals surface area contributed by atoms with Gasteiger partial charge in [-0.25, -0.2) is 0 Å². The molecule has 3 N–H and O–H groups in total. The summed E-state index contributed by atoms with van der Waals surface area (Å²) in [6.07, 6.45) is 4.05. The maximum absolute atomic E-state index is 6.13. The first-order chi connectivity index (χ1) is 10.1. The van der Waals surface area contributed by atoms with E-state index in [0.717, 1.165) is 56.9 Å². The van der Waals surface area contributed by atoms with Crippen LogP contribution in [0, 0.1) is 12.8 Å². The second kappa shape index (κ2) is 6.04. The number of aryl methyl sites for hydroxylation is 2. The molecule has 21 heavy (non-hydrogen) atoms. The van der Waals surface area contributed by atoms with Crippen LogP contribution in [0.5, 0.6) is 0 Å². The van der Waals surface area contributed by atoms with E-state index in [1.807, 2.05) is 18.7 Å². The molecular formula is C15H26N4O2. The standard InChI is InChI=1S/C15H26N4O2/c1-11-9-13(19(2)18-11)14(17-16)12-3-6-21-15(10-12)4-7-20-8-5-15/h9,12,14,17H,3-8,10,16H2,1-2H3. The summed E-state index contributed by atoms with van der Waals surface area (Å²) in [5.41, 5.74) is 5.19. The van der Waals surface area contributed by atoms with Gasteiger partial charge in [0.1, 0.15) is 0 Å². The number of nitrogens with one attached hydrogen (secondary N) is 1. The van der Waals surface area contributed by atoms with Gasteiger partial charge in [-0.05, 0) is 44.6 Å². The van der Waals surface area contributed by atoms with Gasteiger partial charge < -0.3 is 9.47 Å². The van der Waals surface area contributed by atoms with Gasteiger partial charge in [-0.3, -0.25) is 16.0 Å². The zero-order chi connectivity index (χ0) is 14.9. The molecule has 1 spiro atoms. The van der Waals surface area contributed by atoms with Gasteiger partial charge in [-0.15, -0.1) is 0 Å². The molecule has 118 valence electrons. The molecule has 3 heterocycles. The summed E-state index contributed by atoms with van der Waals surface area (Å²) in [6.45, 7) is 4.43. The molecule has 2 fully saturated rings. The first kappa shape index (κ1) is 15.0. The molecule has 6 heteroatoms. The highest BCUT2D eigenvalue weighted by Gasteiger charge is 2.41. The lowest BCUT2D eigenvalue weighted by Crippen LogP contribution is -2.48. The molecule has 2 aliphatic heterocycles. The van der Waals surface area contributed by atoms with E-state index in [-0.39, 0.29) is 11.6 Å². The van der Waals surface area contributed by atoms with Gasteiger partial charge in [-0.2, -0.15) is 5.10 Å². The Morgan fingerprint density at radius 1 is 1.43 bits per heavy atom. The summed E-state index contributed by atoms with van der Waals surface area (Å²) < 4.78 is 13.6. The maximum Gasteiger partial charge on any atom is 0.0729 e. The number of hydrogen-bond acceptors (Lipinski definition) is 5. The minimum atomic E-state index is -0.0100. The lowest BCUT2D eigenvalue weighted by molar-refractivity contribution is -0.150. The Kier molecular flexibility index (Phi) is 4.31. The number of nitrogens with zero attached hydrogens (tertiary/aromatic N) is 2. The van der Waals surface area contributed by atoms with E-state index in [9.17, 15) is 0 Å². The van der Waals surface area contributed by atoms with Crippen molar-refractivity contribution in [2.75, 3.05) is 19.8 Å². The Morgan fingerprint density at radius 2 is 2.19 bits per heavy atom. The zero-order valence-electron chi connectivity index (χ0n) is 13.0. The van der Waals surface area contributed by atoms with Gasteiger partial charge in [-0.1, -0.05) is 0 Å². The van der Waals surface area contributed by atoms with Crippen molar-refractivity contribution >= 4 is 0 Å². The van der Waals surface area contributed by atoms with Crippen LogP contribution < -0.4 is 11.3 Å². The molecule has 2 saturated heterocycles. The van der Waals surface area contributed by atoms with Crippen LogP contribution in [0.3, 0.4) is 0 Å². The molecule has 0 saturated carbocycles. The second-order valence-electron chi connectivity index (χ2n) is 6.38. The number of aromatic nitrogens is 2. The van der Waals surface area contributed by atoms with Gasteiger partial charge in [0.05, 0.1) is 23.0 Å². The minimum absolute atomic E-state index is 0.0100. The van der Waals surface area contributed by atoms with Crippen molar-refractivity contribution in [1.29, 1.82) is 0 Å². The molecule has 6 nitrogen and oxygen atoms in total. The van der Waals surface area contributed by atoms with Gasteiger partial charge in [0.2, 0.25) is 0 Å². The molecule has 0 amide bonds. The van der Waals surface area contributed by atoms with Crippen LogP contribution >= 0.6 is 0 Å². The third-order valence-corrected chi connectivity index (χ3v) is 4.94. The predicted octanol–water partition coefficient (Wildman–Crippen LogP) is 1.21. The highest BCUT2D eigenvalue weighted by Crippen LogP contribution is 2.41. The zero-order valence-corrected chi connectivity index (χ0v) is 13.0. The molecule has 1 aromatic heterocycles. The topological polar surface area (TPSA) is 74.3 Å². The van der Waals surface area contributed by atoms with Crippen molar-refractivity contribution in [3.63, 3.8) is 0 Å². The van der Waals surface area contributed by atoms with Crippen molar-refractivity contribution in [1.82, 2.24) is 15.2 Å². The highest BCUT2D eigenvalue weighted by atomic mass is 16.5. The molecule has 2 aliphatic rings. The number of hydrazine groups is 1. The lowest BCUT2D eigenvalue weighted by atomic mass is 9.77. The van der Waals surface area contributed by atoms with Crippen LogP contribution in [0.1, 0.15) is 43.1 Å². The lowest BCUT2D eigenvalue weighted by Gasteiger charge is -2.45. The van der Waals surface area contributed by atoms with E-state index in [2.05, 4.69) is 16.6 Å². The summed E-state index contributed by atoms with van der Waals surface area (Å²) in [5, 5.41) is 4.45. The van der Waals surface area contributed by atoms with Crippen molar-refractivity contribution in [2.24, 2.45) is 18.8 Å². The maximum atomic E-state index is 6.13. The van der Waals surface area contributed by atoms with Crippen LogP contribution in [0.25, 0.3) is 0 Å². The van der Waals surface area contributed by atoms with E-state index in [4.69, 9.17) is 15.3 Å².